The van der Waals surface area contributed by atoms with Gasteiger partial charge in [0.25, 0.3) is 0 Å². The molecule has 1 aliphatic heterocycles. The monoisotopic (exact) mass is 327 g/mol. The third-order valence-electron chi connectivity index (χ3n) is 3.99. The van der Waals surface area contributed by atoms with Crippen LogP contribution in [0.4, 0.5) is 10.6 Å². The molecule has 2 N–H and O–H groups in total. The number of pyridine rings is 1. The highest BCUT2D eigenvalue weighted by Crippen LogP contribution is 2.20. The number of hydrogen-bond acceptors (Lipinski definition) is 5. The Bertz CT molecular complexity index is 678. The molecule has 1 aromatic carbocycles. The lowest BCUT2D eigenvalue weighted by Crippen LogP contribution is -2.30. The number of nitrogen functional groups attached to an aromatic ring is 1. The van der Waals surface area contributed by atoms with Crippen LogP contribution < -0.4 is 10.5 Å². The topological polar surface area (TPSA) is 77.7 Å². The van der Waals surface area contributed by atoms with Crippen molar-refractivity contribution in [2.75, 3.05) is 25.4 Å². The zero-order valence-corrected chi connectivity index (χ0v) is 13.4. The first kappa shape index (κ1) is 16.1. The standard InChI is InChI=1S/C18H21N3O3/c19-17-10-16(6-8-20-17)23-13-15-7-9-21(11-15)18(22)24-12-14-4-2-1-3-5-14/h1-6,8,10,15H,7,9,11-13H2,(H2,19,20). The maximum Gasteiger partial charge on any atom is 0.410 e. The minimum atomic E-state index is -0.269. The number of carbonyl (C=O) groups excluding carboxylic acids is 1. The van der Waals surface area contributed by atoms with Crippen LogP contribution in [-0.2, 0) is 11.3 Å². The minimum Gasteiger partial charge on any atom is -0.493 e. The Morgan fingerprint density at radius 2 is 2.12 bits per heavy atom. The summed E-state index contributed by atoms with van der Waals surface area (Å²) in [5.41, 5.74) is 6.61. The predicted molar refractivity (Wildman–Crippen MR) is 90.5 cm³/mol. The van der Waals surface area contributed by atoms with Gasteiger partial charge in [-0.25, -0.2) is 9.78 Å². The molecular weight excluding hydrogens is 306 g/mol. The summed E-state index contributed by atoms with van der Waals surface area (Å²) in [6.07, 6.45) is 2.25. The quantitative estimate of drug-likeness (QED) is 0.913. The van der Waals surface area contributed by atoms with E-state index in [-0.39, 0.29) is 6.09 Å². The van der Waals surface area contributed by atoms with Gasteiger partial charge in [-0.1, -0.05) is 30.3 Å². The fraction of sp³-hybridized carbons (Fsp3) is 0.333. The van der Waals surface area contributed by atoms with Crippen molar-refractivity contribution >= 4 is 11.9 Å². The van der Waals surface area contributed by atoms with Crippen LogP contribution in [0.3, 0.4) is 0 Å². The van der Waals surface area contributed by atoms with Crippen molar-refractivity contribution < 1.29 is 14.3 Å². The SMILES string of the molecule is Nc1cc(OCC2CCN(C(=O)OCc3ccccc3)C2)ccn1. The van der Waals surface area contributed by atoms with Gasteiger partial charge in [-0.05, 0) is 18.1 Å². The Kier molecular flexibility index (Phi) is 5.15. The minimum absolute atomic E-state index is 0.269. The van der Waals surface area contributed by atoms with E-state index in [0.29, 0.717) is 43.8 Å². The Morgan fingerprint density at radius 1 is 1.29 bits per heavy atom. The predicted octanol–water partition coefficient (Wildman–Crippen LogP) is 2.70. The second-order valence-electron chi connectivity index (χ2n) is 5.87. The molecule has 2 aromatic rings. The fourth-order valence-corrected chi connectivity index (χ4v) is 2.68. The first-order chi connectivity index (χ1) is 11.7. The van der Waals surface area contributed by atoms with Gasteiger partial charge in [0, 0.05) is 31.3 Å². The molecule has 1 aliphatic rings. The van der Waals surface area contributed by atoms with E-state index in [0.717, 1.165) is 12.0 Å². The maximum atomic E-state index is 12.1. The Hall–Kier alpha value is -2.76. The van der Waals surface area contributed by atoms with Crippen molar-refractivity contribution in [3.05, 3.63) is 54.2 Å². The molecular formula is C18H21N3O3. The van der Waals surface area contributed by atoms with E-state index in [9.17, 15) is 4.79 Å². The van der Waals surface area contributed by atoms with Crippen molar-refractivity contribution in [3.63, 3.8) is 0 Å². The van der Waals surface area contributed by atoms with Crippen LogP contribution in [0.1, 0.15) is 12.0 Å². The van der Waals surface area contributed by atoms with E-state index < -0.39 is 0 Å². The number of likely N-dealkylation sites (tertiary alicyclic amines) is 1. The number of nitrogens with two attached hydrogens (primary N) is 1. The molecule has 1 unspecified atom stereocenters. The van der Waals surface area contributed by atoms with Gasteiger partial charge < -0.3 is 20.1 Å². The van der Waals surface area contributed by atoms with Gasteiger partial charge in [0.15, 0.2) is 0 Å². The van der Waals surface area contributed by atoms with E-state index in [1.54, 1.807) is 23.2 Å². The van der Waals surface area contributed by atoms with E-state index in [4.69, 9.17) is 15.2 Å². The van der Waals surface area contributed by atoms with Gasteiger partial charge in [-0.2, -0.15) is 0 Å². The van der Waals surface area contributed by atoms with Crippen molar-refractivity contribution in [1.82, 2.24) is 9.88 Å². The zero-order valence-electron chi connectivity index (χ0n) is 13.4. The van der Waals surface area contributed by atoms with Crippen molar-refractivity contribution in [2.45, 2.75) is 13.0 Å². The van der Waals surface area contributed by atoms with Crippen LogP contribution in [0.15, 0.2) is 48.7 Å². The molecule has 0 saturated carbocycles. The normalized spacial score (nSPS) is 16.8. The lowest BCUT2D eigenvalue weighted by atomic mass is 10.1. The smallest absolute Gasteiger partial charge is 0.410 e. The highest BCUT2D eigenvalue weighted by Gasteiger charge is 2.27. The van der Waals surface area contributed by atoms with Gasteiger partial charge in [-0.3, -0.25) is 0 Å². The van der Waals surface area contributed by atoms with Crippen LogP contribution in [0.25, 0.3) is 0 Å². The Morgan fingerprint density at radius 3 is 2.92 bits per heavy atom. The molecule has 0 bridgehead atoms. The molecule has 6 nitrogen and oxygen atoms in total. The Labute approximate surface area is 141 Å². The fourth-order valence-electron chi connectivity index (χ4n) is 2.68. The number of carbonyl (C=O) groups is 1. The van der Waals surface area contributed by atoms with Crippen LogP contribution in [0, 0.1) is 5.92 Å². The largest absolute Gasteiger partial charge is 0.493 e. The average molecular weight is 327 g/mol. The van der Waals surface area contributed by atoms with Crippen molar-refractivity contribution in [3.8, 4) is 5.75 Å². The van der Waals surface area contributed by atoms with Gasteiger partial charge in [0.05, 0.1) is 6.61 Å². The highest BCUT2D eigenvalue weighted by molar-refractivity contribution is 5.68. The highest BCUT2D eigenvalue weighted by atomic mass is 16.6. The first-order valence-electron chi connectivity index (χ1n) is 8.00. The van der Waals surface area contributed by atoms with Crippen LogP contribution in [0.5, 0.6) is 5.75 Å². The molecule has 6 heteroatoms. The number of nitrogens with zero attached hydrogens (tertiary/aromatic N) is 2. The molecule has 1 amide bonds. The molecule has 0 spiro atoms. The molecule has 24 heavy (non-hydrogen) atoms. The lowest BCUT2D eigenvalue weighted by Gasteiger charge is -2.17. The number of hydrogen-bond donors (Lipinski definition) is 1. The summed E-state index contributed by atoms with van der Waals surface area (Å²) < 4.78 is 11.1. The summed E-state index contributed by atoms with van der Waals surface area (Å²) in [4.78, 5) is 17.8. The van der Waals surface area contributed by atoms with E-state index in [1.807, 2.05) is 30.3 Å². The summed E-state index contributed by atoms with van der Waals surface area (Å²) >= 11 is 0. The second-order valence-corrected chi connectivity index (χ2v) is 5.87. The van der Waals surface area contributed by atoms with Gasteiger partial charge >= 0.3 is 6.09 Å². The molecule has 1 aromatic heterocycles. The number of ether oxygens (including phenoxy) is 2. The molecule has 0 radical (unpaired) electrons. The number of rotatable bonds is 5. The third kappa shape index (κ3) is 4.38. The molecule has 1 fully saturated rings. The van der Waals surface area contributed by atoms with Crippen molar-refractivity contribution in [2.24, 2.45) is 5.92 Å². The van der Waals surface area contributed by atoms with Crippen LogP contribution in [-0.4, -0.2) is 35.7 Å². The summed E-state index contributed by atoms with van der Waals surface area (Å²) in [5, 5.41) is 0. The first-order valence-corrected chi connectivity index (χ1v) is 8.00. The number of benzene rings is 1. The van der Waals surface area contributed by atoms with Gasteiger partial charge in [0.2, 0.25) is 0 Å². The Balaban J connectivity index is 1.42. The van der Waals surface area contributed by atoms with Gasteiger partial charge in [0.1, 0.15) is 18.2 Å². The summed E-state index contributed by atoms with van der Waals surface area (Å²) in [6.45, 7) is 2.19. The number of amides is 1. The molecule has 126 valence electrons. The number of anilines is 1. The average Bonchev–Trinajstić information content (AvgIpc) is 3.08. The molecule has 1 saturated heterocycles. The summed E-state index contributed by atoms with van der Waals surface area (Å²) in [5.74, 6) is 1.43. The third-order valence-corrected chi connectivity index (χ3v) is 3.99. The van der Waals surface area contributed by atoms with Crippen molar-refractivity contribution in [1.29, 1.82) is 0 Å². The van der Waals surface area contributed by atoms with Crippen LogP contribution >= 0.6 is 0 Å². The summed E-state index contributed by atoms with van der Waals surface area (Å²) in [7, 11) is 0. The molecule has 3 rings (SSSR count). The molecule has 2 heterocycles. The van der Waals surface area contributed by atoms with E-state index >= 15 is 0 Å². The number of aromatic nitrogens is 1. The molecule has 1 atom stereocenters. The van der Waals surface area contributed by atoms with Crippen LogP contribution in [0.2, 0.25) is 0 Å². The second kappa shape index (κ2) is 7.68. The lowest BCUT2D eigenvalue weighted by molar-refractivity contribution is 0.102. The van der Waals surface area contributed by atoms with E-state index in [1.165, 1.54) is 0 Å². The summed E-state index contributed by atoms with van der Waals surface area (Å²) in [6, 6.07) is 13.1. The van der Waals surface area contributed by atoms with E-state index in [2.05, 4.69) is 4.98 Å². The maximum absolute atomic E-state index is 12.1. The zero-order chi connectivity index (χ0) is 16.8. The molecule has 0 aliphatic carbocycles. The van der Waals surface area contributed by atoms with Gasteiger partial charge in [-0.15, -0.1) is 0 Å².